The van der Waals surface area contributed by atoms with Gasteiger partial charge in [0.25, 0.3) is 5.56 Å². The molecule has 0 radical (unpaired) electrons. The Bertz CT molecular complexity index is 777. The Morgan fingerprint density at radius 1 is 1.27 bits per heavy atom. The fourth-order valence-corrected chi connectivity index (χ4v) is 2.78. The van der Waals surface area contributed by atoms with Gasteiger partial charge in [0.05, 0.1) is 10.9 Å². The molecule has 0 bridgehead atoms. The zero-order valence-corrected chi connectivity index (χ0v) is 13.1. The number of rotatable bonds is 2. The lowest BCUT2D eigenvalue weighted by molar-refractivity contribution is -0.118. The van der Waals surface area contributed by atoms with Crippen LogP contribution >= 0.6 is 0 Å². The Morgan fingerprint density at radius 2 is 2.09 bits per heavy atom. The molecule has 0 spiro atoms. The first-order valence-corrected chi connectivity index (χ1v) is 7.90. The number of anilines is 1. The van der Waals surface area contributed by atoms with E-state index in [0.717, 1.165) is 38.1 Å². The van der Waals surface area contributed by atoms with E-state index in [2.05, 4.69) is 10.3 Å². The van der Waals surface area contributed by atoms with Crippen molar-refractivity contribution in [2.75, 3.05) is 5.32 Å². The highest BCUT2D eigenvalue weighted by Gasteiger charge is 2.14. The number of aromatic nitrogens is 2. The van der Waals surface area contributed by atoms with Gasteiger partial charge in [0, 0.05) is 24.6 Å². The fraction of sp³-hybridized carbons (Fsp3) is 0.471. The molecule has 0 atom stereocenters. The summed E-state index contributed by atoms with van der Waals surface area (Å²) in [6.45, 7) is 4.42. The smallest absolute Gasteiger partial charge is 0.261 e. The summed E-state index contributed by atoms with van der Waals surface area (Å²) >= 11 is 0. The van der Waals surface area contributed by atoms with Crippen molar-refractivity contribution < 1.29 is 4.79 Å². The molecule has 3 rings (SSSR count). The first kappa shape index (κ1) is 14.8. The van der Waals surface area contributed by atoms with Crippen LogP contribution in [0.3, 0.4) is 0 Å². The average molecular weight is 299 g/mol. The molecule has 1 N–H and O–H groups in total. The summed E-state index contributed by atoms with van der Waals surface area (Å²) in [5, 5.41) is 3.41. The predicted octanol–water partition coefficient (Wildman–Crippen LogP) is 2.72. The van der Waals surface area contributed by atoms with E-state index < -0.39 is 0 Å². The van der Waals surface area contributed by atoms with Crippen LogP contribution in [0.1, 0.15) is 38.9 Å². The van der Waals surface area contributed by atoms with Crippen molar-refractivity contribution in [1.29, 1.82) is 0 Å². The topological polar surface area (TPSA) is 64.0 Å². The number of benzene rings is 1. The highest BCUT2D eigenvalue weighted by atomic mass is 16.2. The summed E-state index contributed by atoms with van der Waals surface area (Å²) < 4.78 is 1.80. The van der Waals surface area contributed by atoms with Crippen molar-refractivity contribution >= 4 is 22.5 Å². The SMILES string of the molecule is CC(C)C(=O)Nc1ccc2nc3n(c(=O)c2c1)CCCCC3. The molecule has 1 aromatic carbocycles. The van der Waals surface area contributed by atoms with Crippen molar-refractivity contribution in [2.24, 2.45) is 5.92 Å². The summed E-state index contributed by atoms with van der Waals surface area (Å²) in [5.74, 6) is 0.734. The lowest BCUT2D eigenvalue weighted by Crippen LogP contribution is -2.25. The quantitative estimate of drug-likeness (QED) is 0.927. The summed E-state index contributed by atoms with van der Waals surface area (Å²) in [6.07, 6.45) is 4.09. The number of nitrogens with zero attached hydrogens (tertiary/aromatic N) is 2. The number of fused-ring (bicyclic) bond motifs is 2. The number of hydrogen-bond acceptors (Lipinski definition) is 3. The van der Waals surface area contributed by atoms with Crippen LogP contribution < -0.4 is 10.9 Å². The van der Waals surface area contributed by atoms with Gasteiger partial charge >= 0.3 is 0 Å². The monoisotopic (exact) mass is 299 g/mol. The van der Waals surface area contributed by atoms with Crippen molar-refractivity contribution in [3.05, 3.63) is 34.4 Å². The van der Waals surface area contributed by atoms with Gasteiger partial charge in [-0.3, -0.25) is 14.2 Å². The Morgan fingerprint density at radius 3 is 2.86 bits per heavy atom. The van der Waals surface area contributed by atoms with Crippen molar-refractivity contribution in [2.45, 2.75) is 46.1 Å². The molecular weight excluding hydrogens is 278 g/mol. The van der Waals surface area contributed by atoms with E-state index in [1.807, 2.05) is 26.0 Å². The van der Waals surface area contributed by atoms with E-state index in [1.165, 1.54) is 0 Å². The van der Waals surface area contributed by atoms with Crippen LogP contribution in [0.4, 0.5) is 5.69 Å². The van der Waals surface area contributed by atoms with Crippen LogP contribution in [0.15, 0.2) is 23.0 Å². The maximum Gasteiger partial charge on any atom is 0.261 e. The third kappa shape index (κ3) is 2.75. The van der Waals surface area contributed by atoms with E-state index in [1.54, 1.807) is 10.6 Å². The van der Waals surface area contributed by atoms with E-state index in [9.17, 15) is 9.59 Å². The molecule has 5 nitrogen and oxygen atoms in total. The number of carbonyl (C=O) groups excluding carboxylic acids is 1. The minimum Gasteiger partial charge on any atom is -0.326 e. The van der Waals surface area contributed by atoms with Gasteiger partial charge in [0.15, 0.2) is 0 Å². The molecular formula is C17H21N3O2. The normalized spacial score (nSPS) is 14.7. The van der Waals surface area contributed by atoms with Gasteiger partial charge in [-0.15, -0.1) is 0 Å². The van der Waals surface area contributed by atoms with E-state index in [4.69, 9.17) is 0 Å². The number of aryl methyl sites for hydroxylation is 1. The molecule has 1 aliphatic rings. The van der Waals surface area contributed by atoms with Gasteiger partial charge in [-0.05, 0) is 31.0 Å². The Kier molecular flexibility index (Phi) is 3.96. The van der Waals surface area contributed by atoms with Crippen LogP contribution in [0.25, 0.3) is 10.9 Å². The maximum absolute atomic E-state index is 12.7. The predicted molar refractivity (Wildman–Crippen MR) is 87.0 cm³/mol. The molecule has 1 aliphatic heterocycles. The lowest BCUT2D eigenvalue weighted by atomic mass is 10.1. The highest BCUT2D eigenvalue weighted by Crippen LogP contribution is 2.18. The maximum atomic E-state index is 12.7. The highest BCUT2D eigenvalue weighted by molar-refractivity contribution is 5.94. The van der Waals surface area contributed by atoms with E-state index in [0.29, 0.717) is 16.6 Å². The number of carbonyl (C=O) groups is 1. The zero-order valence-electron chi connectivity index (χ0n) is 13.1. The Labute approximate surface area is 129 Å². The zero-order chi connectivity index (χ0) is 15.7. The van der Waals surface area contributed by atoms with Crippen LogP contribution in [-0.2, 0) is 17.8 Å². The van der Waals surface area contributed by atoms with Gasteiger partial charge in [-0.1, -0.05) is 20.3 Å². The minimum atomic E-state index is -0.0954. The summed E-state index contributed by atoms with van der Waals surface area (Å²) in [5.41, 5.74) is 1.36. The van der Waals surface area contributed by atoms with E-state index >= 15 is 0 Å². The van der Waals surface area contributed by atoms with Crippen molar-refractivity contribution in [1.82, 2.24) is 9.55 Å². The molecule has 2 aromatic rings. The lowest BCUT2D eigenvalue weighted by Gasteiger charge is -2.12. The molecule has 0 fully saturated rings. The number of hydrogen-bond donors (Lipinski definition) is 1. The van der Waals surface area contributed by atoms with Crippen molar-refractivity contribution in [3.63, 3.8) is 0 Å². The molecule has 5 heteroatoms. The number of amides is 1. The summed E-state index contributed by atoms with van der Waals surface area (Å²) in [7, 11) is 0. The molecule has 0 unspecified atom stereocenters. The second-order valence-electron chi connectivity index (χ2n) is 6.17. The first-order chi connectivity index (χ1) is 10.6. The summed E-state index contributed by atoms with van der Waals surface area (Å²) in [6, 6.07) is 5.37. The molecule has 0 aliphatic carbocycles. The van der Waals surface area contributed by atoms with Gasteiger partial charge in [0.1, 0.15) is 5.82 Å². The average Bonchev–Trinajstić information content (AvgIpc) is 2.73. The third-order valence-corrected chi connectivity index (χ3v) is 4.11. The van der Waals surface area contributed by atoms with Gasteiger partial charge < -0.3 is 5.32 Å². The van der Waals surface area contributed by atoms with Crippen LogP contribution in [0.5, 0.6) is 0 Å². The molecule has 1 aromatic heterocycles. The summed E-state index contributed by atoms with van der Waals surface area (Å²) in [4.78, 5) is 29.2. The molecule has 1 amide bonds. The van der Waals surface area contributed by atoms with E-state index in [-0.39, 0.29) is 17.4 Å². The van der Waals surface area contributed by atoms with Crippen LogP contribution in [-0.4, -0.2) is 15.5 Å². The molecule has 0 saturated carbocycles. The molecule has 22 heavy (non-hydrogen) atoms. The number of nitrogens with one attached hydrogen (secondary N) is 1. The Hall–Kier alpha value is -2.17. The first-order valence-electron chi connectivity index (χ1n) is 7.90. The second kappa shape index (κ2) is 5.91. The van der Waals surface area contributed by atoms with Gasteiger partial charge in [-0.2, -0.15) is 0 Å². The molecule has 0 saturated heterocycles. The molecule has 2 heterocycles. The van der Waals surface area contributed by atoms with Crippen LogP contribution in [0, 0.1) is 5.92 Å². The van der Waals surface area contributed by atoms with Gasteiger partial charge in [-0.25, -0.2) is 4.98 Å². The second-order valence-corrected chi connectivity index (χ2v) is 6.17. The third-order valence-electron chi connectivity index (χ3n) is 4.11. The van der Waals surface area contributed by atoms with Gasteiger partial charge in [0.2, 0.25) is 5.91 Å². The largest absolute Gasteiger partial charge is 0.326 e. The Balaban J connectivity index is 2.06. The van der Waals surface area contributed by atoms with Crippen molar-refractivity contribution in [3.8, 4) is 0 Å². The fourth-order valence-electron chi connectivity index (χ4n) is 2.78. The molecule has 116 valence electrons. The standard InChI is InChI=1S/C17H21N3O2/c1-11(2)16(21)18-12-7-8-14-13(10-12)17(22)20-9-5-3-4-6-15(20)19-14/h7-8,10-11H,3-6,9H2,1-2H3,(H,18,21). The van der Waals surface area contributed by atoms with Crippen LogP contribution in [0.2, 0.25) is 0 Å². The minimum absolute atomic E-state index is 0.00236.